The van der Waals surface area contributed by atoms with E-state index in [-0.39, 0.29) is 5.41 Å². The van der Waals surface area contributed by atoms with Gasteiger partial charge in [-0.2, -0.15) is 0 Å². The van der Waals surface area contributed by atoms with Crippen LogP contribution in [0.3, 0.4) is 0 Å². The molecule has 0 N–H and O–H groups in total. The van der Waals surface area contributed by atoms with Gasteiger partial charge in [-0.25, -0.2) is 0 Å². The number of aryl methyl sites for hydroxylation is 2. The standard InChI is InChI=1S/C19H22O2/c1-13-5-7-17-15(9-13)16-10-14(2)6-8-18(16)19(17,11-20-3)12-21-4/h5-10H,11-12H2,1-4H3. The summed E-state index contributed by atoms with van der Waals surface area (Å²) in [7, 11) is 3.52. The molecule has 2 nitrogen and oxygen atoms in total. The van der Waals surface area contributed by atoms with E-state index in [9.17, 15) is 0 Å². The minimum absolute atomic E-state index is 0.199. The molecule has 0 aromatic heterocycles. The third-order valence-corrected chi connectivity index (χ3v) is 4.45. The van der Waals surface area contributed by atoms with Crippen molar-refractivity contribution >= 4 is 0 Å². The van der Waals surface area contributed by atoms with E-state index in [1.165, 1.54) is 33.4 Å². The van der Waals surface area contributed by atoms with Crippen molar-refractivity contribution in [1.29, 1.82) is 0 Å². The number of benzene rings is 2. The van der Waals surface area contributed by atoms with Gasteiger partial charge in [0.15, 0.2) is 0 Å². The Hall–Kier alpha value is -1.64. The van der Waals surface area contributed by atoms with E-state index in [4.69, 9.17) is 9.47 Å². The van der Waals surface area contributed by atoms with Gasteiger partial charge >= 0.3 is 0 Å². The topological polar surface area (TPSA) is 18.5 Å². The van der Waals surface area contributed by atoms with E-state index in [2.05, 4.69) is 50.2 Å². The Morgan fingerprint density at radius 3 is 1.57 bits per heavy atom. The van der Waals surface area contributed by atoms with Crippen LogP contribution in [0.5, 0.6) is 0 Å². The van der Waals surface area contributed by atoms with E-state index < -0.39 is 0 Å². The zero-order valence-corrected chi connectivity index (χ0v) is 13.2. The Bertz CT molecular complexity index is 614. The van der Waals surface area contributed by atoms with E-state index in [0.29, 0.717) is 13.2 Å². The molecule has 0 heterocycles. The molecule has 110 valence electrons. The Kier molecular flexibility index (Phi) is 3.60. The second-order valence-corrected chi connectivity index (χ2v) is 6.05. The number of ether oxygens (including phenoxy) is 2. The molecule has 21 heavy (non-hydrogen) atoms. The molecule has 0 saturated carbocycles. The summed E-state index contributed by atoms with van der Waals surface area (Å²) in [6, 6.07) is 13.4. The highest BCUT2D eigenvalue weighted by Crippen LogP contribution is 2.49. The molecule has 0 spiro atoms. The summed E-state index contributed by atoms with van der Waals surface area (Å²) >= 11 is 0. The highest BCUT2D eigenvalue weighted by molar-refractivity contribution is 5.82. The largest absolute Gasteiger partial charge is 0.383 e. The van der Waals surface area contributed by atoms with Crippen LogP contribution in [0.15, 0.2) is 36.4 Å². The van der Waals surface area contributed by atoms with Crippen LogP contribution in [0, 0.1) is 13.8 Å². The van der Waals surface area contributed by atoms with Crippen LogP contribution in [-0.2, 0) is 14.9 Å². The van der Waals surface area contributed by atoms with Gasteiger partial charge in [-0.15, -0.1) is 0 Å². The Labute approximate surface area is 126 Å². The molecule has 0 saturated heterocycles. The number of methoxy groups -OCH3 is 2. The minimum Gasteiger partial charge on any atom is -0.383 e. The number of rotatable bonds is 4. The monoisotopic (exact) mass is 282 g/mol. The zero-order valence-electron chi connectivity index (χ0n) is 13.2. The highest BCUT2D eigenvalue weighted by Gasteiger charge is 2.43. The summed E-state index contributed by atoms with van der Waals surface area (Å²) in [4.78, 5) is 0. The fraction of sp³-hybridized carbons (Fsp3) is 0.368. The zero-order chi connectivity index (χ0) is 15.0. The van der Waals surface area contributed by atoms with Gasteiger partial charge < -0.3 is 9.47 Å². The fourth-order valence-corrected chi connectivity index (χ4v) is 3.59. The van der Waals surface area contributed by atoms with Gasteiger partial charge in [-0.05, 0) is 36.1 Å². The maximum Gasteiger partial charge on any atom is 0.0681 e. The summed E-state index contributed by atoms with van der Waals surface area (Å²) in [5, 5.41) is 0. The molecule has 0 fully saturated rings. The van der Waals surface area contributed by atoms with Crippen molar-refractivity contribution < 1.29 is 9.47 Å². The molecule has 0 aliphatic heterocycles. The molecule has 2 heteroatoms. The number of fused-ring (bicyclic) bond motifs is 3. The van der Waals surface area contributed by atoms with Gasteiger partial charge in [0, 0.05) is 14.2 Å². The number of hydrogen-bond acceptors (Lipinski definition) is 2. The smallest absolute Gasteiger partial charge is 0.0681 e. The maximum absolute atomic E-state index is 5.58. The lowest BCUT2D eigenvalue weighted by atomic mass is 9.79. The molecule has 2 aromatic rings. The van der Waals surface area contributed by atoms with Crippen molar-refractivity contribution in [3.8, 4) is 11.1 Å². The summed E-state index contributed by atoms with van der Waals surface area (Å²) < 4.78 is 11.2. The minimum atomic E-state index is -0.199. The Morgan fingerprint density at radius 1 is 0.762 bits per heavy atom. The number of hydrogen-bond donors (Lipinski definition) is 0. The van der Waals surface area contributed by atoms with Crippen molar-refractivity contribution in [2.24, 2.45) is 0 Å². The first-order valence-electron chi connectivity index (χ1n) is 7.33. The van der Waals surface area contributed by atoms with Crippen molar-refractivity contribution in [2.45, 2.75) is 19.3 Å². The van der Waals surface area contributed by atoms with Gasteiger partial charge in [-0.1, -0.05) is 47.5 Å². The summed E-state index contributed by atoms with van der Waals surface area (Å²) in [6.45, 7) is 5.55. The Morgan fingerprint density at radius 2 is 1.19 bits per heavy atom. The first-order chi connectivity index (χ1) is 10.1. The van der Waals surface area contributed by atoms with Gasteiger partial charge in [0.05, 0.1) is 18.6 Å². The van der Waals surface area contributed by atoms with Crippen LogP contribution in [0.2, 0.25) is 0 Å². The first-order valence-corrected chi connectivity index (χ1v) is 7.33. The third-order valence-electron chi connectivity index (χ3n) is 4.45. The second-order valence-electron chi connectivity index (χ2n) is 6.05. The molecular weight excluding hydrogens is 260 g/mol. The summed E-state index contributed by atoms with van der Waals surface area (Å²) in [6.07, 6.45) is 0. The highest BCUT2D eigenvalue weighted by atomic mass is 16.5. The quantitative estimate of drug-likeness (QED) is 0.847. The van der Waals surface area contributed by atoms with Gasteiger partial charge in [-0.3, -0.25) is 0 Å². The van der Waals surface area contributed by atoms with Crippen molar-refractivity contribution in [2.75, 3.05) is 27.4 Å². The van der Waals surface area contributed by atoms with E-state index in [1.807, 2.05) is 0 Å². The van der Waals surface area contributed by atoms with Crippen LogP contribution in [0.4, 0.5) is 0 Å². The molecule has 0 bridgehead atoms. The summed E-state index contributed by atoms with van der Waals surface area (Å²) in [5.74, 6) is 0. The van der Waals surface area contributed by atoms with E-state index >= 15 is 0 Å². The summed E-state index contributed by atoms with van der Waals surface area (Å²) in [5.41, 5.74) is 7.65. The van der Waals surface area contributed by atoms with Gasteiger partial charge in [0.2, 0.25) is 0 Å². The fourth-order valence-electron chi connectivity index (χ4n) is 3.59. The SMILES string of the molecule is COCC1(COC)c2ccc(C)cc2-c2cc(C)ccc21. The average Bonchev–Trinajstić information content (AvgIpc) is 2.70. The van der Waals surface area contributed by atoms with Crippen LogP contribution >= 0.6 is 0 Å². The molecule has 3 rings (SSSR count). The molecule has 0 atom stereocenters. The lowest BCUT2D eigenvalue weighted by Crippen LogP contribution is -2.35. The molecule has 2 aromatic carbocycles. The van der Waals surface area contributed by atoms with Crippen LogP contribution in [0.1, 0.15) is 22.3 Å². The van der Waals surface area contributed by atoms with Crippen LogP contribution in [0.25, 0.3) is 11.1 Å². The molecule has 0 amide bonds. The molecule has 1 aliphatic rings. The molecule has 1 aliphatic carbocycles. The van der Waals surface area contributed by atoms with E-state index in [0.717, 1.165) is 0 Å². The second kappa shape index (κ2) is 5.28. The van der Waals surface area contributed by atoms with Gasteiger partial charge in [0.1, 0.15) is 0 Å². The van der Waals surface area contributed by atoms with Crippen molar-refractivity contribution in [3.63, 3.8) is 0 Å². The van der Waals surface area contributed by atoms with E-state index in [1.54, 1.807) is 14.2 Å². The average molecular weight is 282 g/mol. The lowest BCUT2D eigenvalue weighted by molar-refractivity contribution is 0.0814. The third kappa shape index (κ3) is 2.10. The predicted octanol–water partition coefficient (Wildman–Crippen LogP) is 3.86. The normalized spacial score (nSPS) is 14.9. The lowest BCUT2D eigenvalue weighted by Gasteiger charge is -2.30. The van der Waals surface area contributed by atoms with Crippen LogP contribution < -0.4 is 0 Å². The molecule has 0 radical (unpaired) electrons. The molecule has 0 unspecified atom stereocenters. The van der Waals surface area contributed by atoms with Crippen LogP contribution in [-0.4, -0.2) is 27.4 Å². The first kappa shape index (κ1) is 14.3. The van der Waals surface area contributed by atoms with Gasteiger partial charge in [0.25, 0.3) is 0 Å². The Balaban J connectivity index is 2.32. The van der Waals surface area contributed by atoms with Crippen molar-refractivity contribution in [3.05, 3.63) is 58.7 Å². The molecular formula is C19H22O2. The maximum atomic E-state index is 5.58. The van der Waals surface area contributed by atoms with Crippen molar-refractivity contribution in [1.82, 2.24) is 0 Å². The predicted molar refractivity (Wildman–Crippen MR) is 85.9 cm³/mol.